The molecule has 0 saturated carbocycles. The van der Waals surface area contributed by atoms with E-state index in [1.54, 1.807) is 20.8 Å². The van der Waals surface area contributed by atoms with Crippen molar-refractivity contribution in [2.24, 2.45) is 0 Å². The molecule has 1 amide bonds. The molecule has 10 heteroatoms. The number of carbonyl (C=O) groups excluding carboxylic acids is 1. The van der Waals surface area contributed by atoms with Gasteiger partial charge in [-0.2, -0.15) is 0 Å². The first-order chi connectivity index (χ1) is 12.9. The van der Waals surface area contributed by atoms with Crippen molar-refractivity contribution < 1.29 is 27.4 Å². The molecule has 150 valence electrons. The summed E-state index contributed by atoms with van der Waals surface area (Å²) in [5.41, 5.74) is 4.63. The fourth-order valence-electron chi connectivity index (χ4n) is 3.30. The van der Waals surface area contributed by atoms with Gasteiger partial charge in [0, 0.05) is 0 Å². The standard InChI is InChI=1S/C18H18F3N3O3Se/c1-16(2,3)27-15(25)24-7-17(8-24)13-12(23-14(22)28-13)10-5-4-9(18(19,20)21)6-11(10)26-17/h4-6H,7-8H2,1-3H3,(H2,22,23). The molecule has 1 spiro atoms. The fourth-order valence-corrected chi connectivity index (χ4v) is 5.30. The van der Waals surface area contributed by atoms with E-state index >= 15 is 0 Å². The van der Waals surface area contributed by atoms with Crippen molar-refractivity contribution in [2.75, 3.05) is 18.8 Å². The SMILES string of the molecule is CC(C)(C)OC(=O)N1CC2(C1)Oc1cc(C(F)(F)F)ccc1-c1nc(N)[se]c12. The average Bonchev–Trinajstić information content (AvgIpc) is 2.90. The Labute approximate surface area is 165 Å². The third-order valence-corrected chi connectivity index (χ3v) is 6.72. The second kappa shape index (κ2) is 5.90. The van der Waals surface area contributed by atoms with E-state index in [2.05, 4.69) is 4.98 Å². The molecule has 2 N–H and O–H groups in total. The van der Waals surface area contributed by atoms with Crippen molar-refractivity contribution in [1.29, 1.82) is 0 Å². The van der Waals surface area contributed by atoms with Crippen LogP contribution >= 0.6 is 0 Å². The number of nitrogen functional groups attached to an aromatic ring is 1. The number of hydrogen-bond acceptors (Lipinski definition) is 5. The summed E-state index contributed by atoms with van der Waals surface area (Å²) < 4.78 is 52.1. The van der Waals surface area contributed by atoms with Gasteiger partial charge in [0.15, 0.2) is 0 Å². The van der Waals surface area contributed by atoms with Crippen LogP contribution in [0, 0.1) is 0 Å². The number of amides is 1. The molecule has 1 saturated heterocycles. The minimum absolute atomic E-state index is 0.103. The number of anilines is 1. The molecule has 0 aliphatic carbocycles. The second-order valence-electron chi connectivity index (χ2n) is 7.87. The topological polar surface area (TPSA) is 77.7 Å². The van der Waals surface area contributed by atoms with Crippen molar-refractivity contribution in [3.63, 3.8) is 0 Å². The van der Waals surface area contributed by atoms with E-state index in [1.807, 2.05) is 0 Å². The maximum atomic E-state index is 13.1. The van der Waals surface area contributed by atoms with E-state index in [0.29, 0.717) is 15.9 Å². The minimum atomic E-state index is -4.48. The molecule has 3 heterocycles. The summed E-state index contributed by atoms with van der Waals surface area (Å²) in [5.74, 6) is 0.103. The monoisotopic (exact) mass is 461 g/mol. The molecule has 0 unspecified atom stereocenters. The number of nitrogens with two attached hydrogens (primary N) is 1. The van der Waals surface area contributed by atoms with Crippen molar-refractivity contribution >= 4 is 25.3 Å². The normalized spacial score (nSPS) is 17.4. The summed E-state index contributed by atoms with van der Waals surface area (Å²) in [5, 5.41) is 0. The van der Waals surface area contributed by atoms with Gasteiger partial charge in [-0.3, -0.25) is 0 Å². The summed E-state index contributed by atoms with van der Waals surface area (Å²) in [7, 11) is 0. The Balaban J connectivity index is 1.68. The average molecular weight is 460 g/mol. The summed E-state index contributed by atoms with van der Waals surface area (Å²) in [6.45, 7) is 5.66. The van der Waals surface area contributed by atoms with Crippen LogP contribution in [0.2, 0.25) is 0 Å². The zero-order valence-corrected chi connectivity index (χ0v) is 17.1. The molecule has 0 atom stereocenters. The Morgan fingerprint density at radius 2 is 2.00 bits per heavy atom. The number of rotatable bonds is 0. The first-order valence-corrected chi connectivity index (χ1v) is 10.2. The van der Waals surface area contributed by atoms with Crippen LogP contribution in [0.4, 0.5) is 22.7 Å². The van der Waals surface area contributed by atoms with Crippen molar-refractivity contribution in [2.45, 2.75) is 38.1 Å². The zero-order valence-electron chi connectivity index (χ0n) is 15.4. The number of nitrogens with zero attached hydrogens (tertiary/aromatic N) is 2. The quantitative estimate of drug-likeness (QED) is 0.611. The first-order valence-electron chi connectivity index (χ1n) is 8.53. The predicted molar refractivity (Wildman–Crippen MR) is 96.1 cm³/mol. The Morgan fingerprint density at radius 1 is 1.32 bits per heavy atom. The summed E-state index contributed by atoms with van der Waals surface area (Å²) >= 11 is -0.282. The van der Waals surface area contributed by atoms with E-state index in [0.717, 1.165) is 16.6 Å². The van der Waals surface area contributed by atoms with Gasteiger partial charge in [-0.15, -0.1) is 0 Å². The van der Waals surface area contributed by atoms with Crippen LogP contribution in [0.1, 0.15) is 30.8 Å². The molecule has 6 nitrogen and oxygen atoms in total. The summed E-state index contributed by atoms with van der Waals surface area (Å²) in [6, 6.07) is 3.35. The van der Waals surface area contributed by atoms with Gasteiger partial charge in [0.2, 0.25) is 0 Å². The molecule has 1 aromatic carbocycles. The van der Waals surface area contributed by atoms with Gasteiger partial charge in [-0.25, -0.2) is 0 Å². The van der Waals surface area contributed by atoms with Gasteiger partial charge in [0.1, 0.15) is 0 Å². The van der Waals surface area contributed by atoms with E-state index in [4.69, 9.17) is 15.2 Å². The third-order valence-electron chi connectivity index (χ3n) is 4.47. The van der Waals surface area contributed by atoms with E-state index in [9.17, 15) is 18.0 Å². The number of alkyl halides is 3. The van der Waals surface area contributed by atoms with Crippen LogP contribution in [0.3, 0.4) is 0 Å². The number of halogens is 3. The fraction of sp³-hybridized carbons (Fsp3) is 0.444. The molecule has 1 aromatic heterocycles. The van der Waals surface area contributed by atoms with Gasteiger partial charge in [-0.1, -0.05) is 0 Å². The van der Waals surface area contributed by atoms with Crippen molar-refractivity contribution in [3.8, 4) is 17.0 Å². The van der Waals surface area contributed by atoms with Crippen LogP contribution in [0.15, 0.2) is 18.2 Å². The molecular weight excluding hydrogens is 442 g/mol. The van der Waals surface area contributed by atoms with Crippen molar-refractivity contribution in [1.82, 2.24) is 9.88 Å². The summed E-state index contributed by atoms with van der Waals surface area (Å²) in [6.07, 6.45) is -4.97. The molecule has 1 fully saturated rings. The maximum absolute atomic E-state index is 13.1. The number of aromatic nitrogens is 1. The van der Waals surface area contributed by atoms with Gasteiger partial charge < -0.3 is 0 Å². The van der Waals surface area contributed by atoms with Crippen LogP contribution in [0.5, 0.6) is 5.75 Å². The van der Waals surface area contributed by atoms with Gasteiger partial charge in [0.05, 0.1) is 0 Å². The van der Waals surface area contributed by atoms with Gasteiger partial charge in [0.25, 0.3) is 0 Å². The molecule has 4 rings (SSSR count). The van der Waals surface area contributed by atoms with Crippen LogP contribution in [-0.4, -0.2) is 49.2 Å². The van der Waals surface area contributed by atoms with Gasteiger partial charge >= 0.3 is 165 Å². The second-order valence-corrected chi connectivity index (χ2v) is 10.0. The van der Waals surface area contributed by atoms with Crippen LogP contribution < -0.4 is 10.5 Å². The first kappa shape index (κ1) is 19.1. The third kappa shape index (κ3) is 3.14. The number of carbonyl (C=O) groups is 1. The Morgan fingerprint density at radius 3 is 2.61 bits per heavy atom. The molecule has 2 aromatic rings. The molecule has 0 bridgehead atoms. The Hall–Kier alpha value is -2.19. The van der Waals surface area contributed by atoms with Crippen LogP contribution in [-0.2, 0) is 16.5 Å². The van der Waals surface area contributed by atoms with E-state index < -0.39 is 29.0 Å². The van der Waals surface area contributed by atoms with Crippen LogP contribution in [0.25, 0.3) is 11.3 Å². The summed E-state index contributed by atoms with van der Waals surface area (Å²) in [4.78, 5) is 18.1. The molecule has 2 aliphatic heterocycles. The zero-order chi connectivity index (χ0) is 20.5. The molecule has 28 heavy (non-hydrogen) atoms. The number of likely N-dealkylation sites (tertiary alicyclic amines) is 1. The Kier molecular flexibility index (Phi) is 4.04. The predicted octanol–water partition coefficient (Wildman–Crippen LogP) is 3.25. The van der Waals surface area contributed by atoms with Crippen molar-refractivity contribution in [3.05, 3.63) is 28.2 Å². The van der Waals surface area contributed by atoms with E-state index in [1.165, 1.54) is 11.0 Å². The number of benzene rings is 1. The number of fused-ring (bicyclic) bond motifs is 4. The number of hydrogen-bond donors (Lipinski definition) is 1. The van der Waals surface area contributed by atoms with E-state index in [-0.39, 0.29) is 33.3 Å². The Bertz CT molecular complexity index is 959. The van der Waals surface area contributed by atoms with Gasteiger partial charge in [-0.05, 0) is 0 Å². The molecule has 0 radical (unpaired) electrons. The number of ether oxygens (including phenoxy) is 2. The molecular formula is C18H18F3N3O3Se. The molecule has 2 aliphatic rings.